The minimum atomic E-state index is -3.73. The molecule has 0 aromatic heterocycles. The van der Waals surface area contributed by atoms with Crippen molar-refractivity contribution in [3.8, 4) is 11.5 Å². The molecule has 2 aromatic rings. The summed E-state index contributed by atoms with van der Waals surface area (Å²) in [5.41, 5.74) is 2.06. The summed E-state index contributed by atoms with van der Waals surface area (Å²) < 4.78 is 36.5. The van der Waals surface area contributed by atoms with Crippen LogP contribution in [0.2, 0.25) is 0 Å². The summed E-state index contributed by atoms with van der Waals surface area (Å²) >= 11 is 0. The van der Waals surface area contributed by atoms with Crippen molar-refractivity contribution >= 4 is 21.6 Å². The van der Waals surface area contributed by atoms with Gasteiger partial charge in [-0.2, -0.15) is 0 Å². The molecule has 0 saturated heterocycles. The Hall–Kier alpha value is -2.74. The highest BCUT2D eigenvalue weighted by molar-refractivity contribution is 7.92. The van der Waals surface area contributed by atoms with E-state index in [1.807, 2.05) is 25.1 Å². The molecule has 0 aliphatic carbocycles. The van der Waals surface area contributed by atoms with Crippen molar-refractivity contribution in [3.05, 3.63) is 53.6 Å². The lowest BCUT2D eigenvalue weighted by Crippen LogP contribution is -2.47. The van der Waals surface area contributed by atoms with Gasteiger partial charge in [0.25, 0.3) is 0 Å². The topological polar surface area (TPSA) is 84.9 Å². The van der Waals surface area contributed by atoms with Crippen LogP contribution in [0.25, 0.3) is 0 Å². The van der Waals surface area contributed by atoms with E-state index in [2.05, 4.69) is 5.32 Å². The van der Waals surface area contributed by atoms with Crippen molar-refractivity contribution < 1.29 is 22.7 Å². The SMILES string of the molecule is COc1ccc(CNC(=O)[C@@H](C)N(c2cc(C)ccc2OC)S(C)(=O)=O)cc1. The highest BCUT2D eigenvalue weighted by Gasteiger charge is 2.31. The number of anilines is 1. The van der Waals surface area contributed by atoms with Gasteiger partial charge in [0, 0.05) is 6.54 Å². The van der Waals surface area contributed by atoms with Crippen molar-refractivity contribution in [1.82, 2.24) is 5.32 Å². The first-order valence-corrected chi connectivity index (χ1v) is 10.6. The number of sulfonamides is 1. The second kappa shape index (κ2) is 8.97. The van der Waals surface area contributed by atoms with Crippen LogP contribution in [0.4, 0.5) is 5.69 Å². The smallest absolute Gasteiger partial charge is 0.243 e. The number of aryl methyl sites for hydroxylation is 1. The maximum absolute atomic E-state index is 12.7. The number of carbonyl (C=O) groups excluding carboxylic acids is 1. The van der Waals surface area contributed by atoms with Gasteiger partial charge in [-0.05, 0) is 49.2 Å². The average Bonchev–Trinajstić information content (AvgIpc) is 2.65. The van der Waals surface area contributed by atoms with Crippen molar-refractivity contribution in [2.24, 2.45) is 0 Å². The van der Waals surface area contributed by atoms with Gasteiger partial charge in [0.05, 0.1) is 26.2 Å². The van der Waals surface area contributed by atoms with Gasteiger partial charge in [0.15, 0.2) is 0 Å². The quantitative estimate of drug-likeness (QED) is 0.728. The minimum Gasteiger partial charge on any atom is -0.497 e. The van der Waals surface area contributed by atoms with Gasteiger partial charge >= 0.3 is 0 Å². The Morgan fingerprint density at radius 1 is 1.11 bits per heavy atom. The fourth-order valence-electron chi connectivity index (χ4n) is 2.83. The molecule has 0 radical (unpaired) electrons. The molecule has 28 heavy (non-hydrogen) atoms. The van der Waals surface area contributed by atoms with E-state index in [1.165, 1.54) is 7.11 Å². The number of methoxy groups -OCH3 is 2. The van der Waals surface area contributed by atoms with Crippen molar-refractivity contribution in [2.45, 2.75) is 26.4 Å². The van der Waals surface area contributed by atoms with Crippen LogP contribution >= 0.6 is 0 Å². The Kier molecular flexibility index (Phi) is 6.90. The van der Waals surface area contributed by atoms with Crippen LogP contribution in [0.1, 0.15) is 18.1 Å². The summed E-state index contributed by atoms with van der Waals surface area (Å²) in [5.74, 6) is 0.689. The van der Waals surface area contributed by atoms with E-state index >= 15 is 0 Å². The van der Waals surface area contributed by atoms with Gasteiger partial charge in [-0.1, -0.05) is 18.2 Å². The molecule has 152 valence electrons. The Morgan fingerprint density at radius 3 is 2.29 bits per heavy atom. The summed E-state index contributed by atoms with van der Waals surface area (Å²) in [4.78, 5) is 12.7. The predicted octanol–water partition coefficient (Wildman–Crippen LogP) is 2.48. The van der Waals surface area contributed by atoms with E-state index in [9.17, 15) is 13.2 Å². The van der Waals surface area contributed by atoms with Gasteiger partial charge in [-0.3, -0.25) is 9.10 Å². The van der Waals surface area contributed by atoms with Crippen molar-refractivity contribution in [1.29, 1.82) is 0 Å². The molecule has 7 nitrogen and oxygen atoms in total. The van der Waals surface area contributed by atoms with Gasteiger partial charge in [0.1, 0.15) is 17.5 Å². The molecular weight excluding hydrogens is 380 g/mol. The van der Waals surface area contributed by atoms with Crippen LogP contribution in [0.3, 0.4) is 0 Å². The summed E-state index contributed by atoms with van der Waals surface area (Å²) in [7, 11) is -0.685. The van der Waals surface area contributed by atoms with Crippen LogP contribution < -0.4 is 19.1 Å². The lowest BCUT2D eigenvalue weighted by Gasteiger charge is -2.29. The first-order chi connectivity index (χ1) is 13.2. The third-order valence-electron chi connectivity index (χ3n) is 4.29. The number of nitrogens with zero attached hydrogens (tertiary/aromatic N) is 1. The van der Waals surface area contributed by atoms with E-state index in [1.54, 1.807) is 38.3 Å². The van der Waals surface area contributed by atoms with Crippen LogP contribution in [0.5, 0.6) is 11.5 Å². The molecule has 0 aliphatic heterocycles. The molecule has 8 heteroatoms. The minimum absolute atomic E-state index is 0.274. The normalized spacial score (nSPS) is 12.2. The molecule has 0 heterocycles. The molecule has 0 unspecified atom stereocenters. The third kappa shape index (κ3) is 5.16. The Bertz CT molecular complexity index is 926. The Balaban J connectivity index is 2.24. The van der Waals surface area contributed by atoms with Crippen LogP contribution in [0, 0.1) is 6.92 Å². The van der Waals surface area contributed by atoms with E-state index < -0.39 is 22.0 Å². The monoisotopic (exact) mass is 406 g/mol. The predicted molar refractivity (Wildman–Crippen MR) is 109 cm³/mol. The van der Waals surface area contributed by atoms with Gasteiger partial charge in [0.2, 0.25) is 15.9 Å². The van der Waals surface area contributed by atoms with Crippen LogP contribution in [-0.4, -0.2) is 40.8 Å². The fraction of sp³-hybridized carbons (Fsp3) is 0.350. The third-order valence-corrected chi connectivity index (χ3v) is 5.51. The number of hydrogen-bond donors (Lipinski definition) is 1. The van der Waals surface area contributed by atoms with E-state index in [4.69, 9.17) is 9.47 Å². The lowest BCUT2D eigenvalue weighted by atomic mass is 10.1. The standard InChI is InChI=1S/C20H26N2O5S/c1-14-6-11-19(27-4)18(12-14)22(28(5,24)25)15(2)20(23)21-13-16-7-9-17(26-3)10-8-16/h6-12,15H,13H2,1-5H3,(H,21,23)/t15-/m1/s1. The molecule has 0 aliphatic rings. The largest absolute Gasteiger partial charge is 0.497 e. The number of hydrogen-bond acceptors (Lipinski definition) is 5. The number of benzene rings is 2. The second-order valence-electron chi connectivity index (χ2n) is 6.48. The summed E-state index contributed by atoms with van der Waals surface area (Å²) in [6.45, 7) is 3.67. The zero-order valence-electron chi connectivity index (χ0n) is 16.7. The molecule has 2 rings (SSSR count). The van der Waals surface area contributed by atoms with Gasteiger partial charge in [-0.15, -0.1) is 0 Å². The molecule has 0 bridgehead atoms. The fourth-order valence-corrected chi connectivity index (χ4v) is 4.00. The number of rotatable bonds is 8. The first kappa shape index (κ1) is 21.6. The zero-order valence-corrected chi connectivity index (χ0v) is 17.5. The van der Waals surface area contributed by atoms with Crippen LogP contribution in [0.15, 0.2) is 42.5 Å². The van der Waals surface area contributed by atoms with Crippen LogP contribution in [-0.2, 0) is 21.4 Å². The van der Waals surface area contributed by atoms with Gasteiger partial charge in [-0.25, -0.2) is 8.42 Å². The number of carbonyl (C=O) groups is 1. The van der Waals surface area contributed by atoms with Crippen molar-refractivity contribution in [3.63, 3.8) is 0 Å². The molecule has 0 fully saturated rings. The average molecular weight is 407 g/mol. The highest BCUT2D eigenvalue weighted by Crippen LogP contribution is 2.32. The second-order valence-corrected chi connectivity index (χ2v) is 8.34. The molecule has 2 aromatic carbocycles. The first-order valence-electron chi connectivity index (χ1n) is 8.72. The zero-order chi connectivity index (χ0) is 20.9. The Labute approximate surface area is 166 Å². The van der Waals surface area contributed by atoms with Gasteiger partial charge < -0.3 is 14.8 Å². The Morgan fingerprint density at radius 2 is 1.75 bits per heavy atom. The molecule has 0 spiro atoms. The number of amides is 1. The lowest BCUT2D eigenvalue weighted by molar-refractivity contribution is -0.122. The summed E-state index contributed by atoms with van der Waals surface area (Å²) in [5, 5.41) is 2.78. The molecule has 1 amide bonds. The number of ether oxygens (including phenoxy) is 2. The van der Waals surface area contributed by atoms with E-state index in [0.29, 0.717) is 11.4 Å². The highest BCUT2D eigenvalue weighted by atomic mass is 32.2. The van der Waals surface area contributed by atoms with E-state index in [-0.39, 0.29) is 6.54 Å². The maximum atomic E-state index is 12.7. The molecule has 0 saturated carbocycles. The van der Waals surface area contributed by atoms with Crippen molar-refractivity contribution in [2.75, 3.05) is 24.8 Å². The number of nitrogens with one attached hydrogen (secondary N) is 1. The molecular formula is C20H26N2O5S. The molecule has 1 atom stereocenters. The maximum Gasteiger partial charge on any atom is 0.243 e. The summed E-state index contributed by atoms with van der Waals surface area (Å²) in [6.07, 6.45) is 1.07. The summed E-state index contributed by atoms with van der Waals surface area (Å²) in [6, 6.07) is 11.5. The van der Waals surface area contributed by atoms with E-state index in [0.717, 1.165) is 27.4 Å². The molecule has 1 N–H and O–H groups in total.